The molecule has 0 saturated heterocycles. The molecule has 0 unspecified atom stereocenters. The fraction of sp³-hybridized carbons (Fsp3) is 0.407. The number of ether oxygens (including phenoxy) is 1. The highest BCUT2D eigenvalue weighted by Gasteiger charge is 2.17. The minimum Gasteiger partial charge on any atom is -0.489 e. The van der Waals surface area contributed by atoms with Crippen molar-refractivity contribution in [3.8, 4) is 5.75 Å². The van der Waals surface area contributed by atoms with E-state index in [0.717, 1.165) is 40.0 Å². The van der Waals surface area contributed by atoms with Crippen molar-refractivity contribution in [2.75, 3.05) is 0 Å². The van der Waals surface area contributed by atoms with Gasteiger partial charge in [-0.3, -0.25) is 0 Å². The van der Waals surface area contributed by atoms with Crippen LogP contribution in [0.1, 0.15) is 67.9 Å². The SMILES string of the molecule is CC/C(=C\C=C\C(O)(CC)CC)c1ccc(C)c(OCc2ccc(CO)c(CO)c2)c1. The standard InChI is InChI=1S/C27H36O4/c1-5-22(9-8-14-27(30,6-2)7-3)23-12-10-20(4)26(16-23)31-19-21-11-13-24(17-28)25(15-21)18-29/h8-16,28-30H,5-7,17-19H2,1-4H3/b14-8+,22-9+. The van der Waals surface area contributed by atoms with Crippen molar-refractivity contribution in [3.63, 3.8) is 0 Å². The number of rotatable bonds is 11. The number of hydrogen-bond acceptors (Lipinski definition) is 4. The fourth-order valence-electron chi connectivity index (χ4n) is 3.43. The van der Waals surface area contributed by atoms with Gasteiger partial charge < -0.3 is 20.1 Å². The number of allylic oxidation sites excluding steroid dienone is 3. The van der Waals surface area contributed by atoms with Crippen LogP contribution in [0.2, 0.25) is 0 Å². The molecular weight excluding hydrogens is 388 g/mol. The minimum atomic E-state index is -0.754. The summed E-state index contributed by atoms with van der Waals surface area (Å²) in [6.45, 7) is 8.30. The molecule has 0 radical (unpaired) electrons. The Morgan fingerprint density at radius 3 is 2.29 bits per heavy atom. The summed E-state index contributed by atoms with van der Waals surface area (Å²) in [4.78, 5) is 0. The lowest BCUT2D eigenvalue weighted by molar-refractivity contribution is 0.0828. The number of aliphatic hydroxyl groups excluding tert-OH is 2. The van der Waals surface area contributed by atoms with Crippen LogP contribution >= 0.6 is 0 Å². The molecule has 4 heteroatoms. The molecule has 4 nitrogen and oxygen atoms in total. The Labute approximate surface area is 186 Å². The summed E-state index contributed by atoms with van der Waals surface area (Å²) in [7, 11) is 0. The number of hydrogen-bond donors (Lipinski definition) is 3. The summed E-state index contributed by atoms with van der Waals surface area (Å²) < 4.78 is 6.10. The molecular formula is C27H36O4. The summed E-state index contributed by atoms with van der Waals surface area (Å²) >= 11 is 0. The third kappa shape index (κ3) is 6.79. The first-order chi connectivity index (χ1) is 14.9. The molecule has 168 valence electrons. The quantitative estimate of drug-likeness (QED) is 0.419. The smallest absolute Gasteiger partial charge is 0.123 e. The zero-order valence-electron chi connectivity index (χ0n) is 19.2. The van der Waals surface area contributed by atoms with Crippen molar-refractivity contribution in [3.05, 3.63) is 82.4 Å². The third-order valence-corrected chi connectivity index (χ3v) is 5.87. The Balaban J connectivity index is 2.20. The Hall–Kier alpha value is -2.40. The predicted octanol–water partition coefficient (Wildman–Crippen LogP) is 5.46. The molecule has 0 aliphatic carbocycles. The van der Waals surface area contributed by atoms with Crippen LogP contribution in [0.25, 0.3) is 5.57 Å². The summed E-state index contributed by atoms with van der Waals surface area (Å²) in [5.74, 6) is 0.816. The zero-order chi connectivity index (χ0) is 22.9. The first-order valence-electron chi connectivity index (χ1n) is 11.1. The largest absolute Gasteiger partial charge is 0.489 e. The van der Waals surface area contributed by atoms with Crippen LogP contribution in [0.15, 0.2) is 54.6 Å². The molecule has 3 N–H and O–H groups in total. The van der Waals surface area contributed by atoms with Crippen molar-refractivity contribution in [1.29, 1.82) is 0 Å². The van der Waals surface area contributed by atoms with E-state index >= 15 is 0 Å². The van der Waals surface area contributed by atoms with E-state index in [1.165, 1.54) is 5.57 Å². The lowest BCUT2D eigenvalue weighted by Crippen LogP contribution is -2.22. The molecule has 2 aromatic rings. The van der Waals surface area contributed by atoms with E-state index in [2.05, 4.69) is 31.2 Å². The van der Waals surface area contributed by atoms with Crippen molar-refractivity contribution < 1.29 is 20.1 Å². The van der Waals surface area contributed by atoms with Gasteiger partial charge in [-0.2, -0.15) is 0 Å². The van der Waals surface area contributed by atoms with E-state index in [-0.39, 0.29) is 13.2 Å². The predicted molar refractivity (Wildman–Crippen MR) is 127 cm³/mol. The molecule has 0 heterocycles. The second-order valence-electron chi connectivity index (χ2n) is 7.90. The molecule has 0 aliphatic heterocycles. The van der Waals surface area contributed by atoms with Gasteiger partial charge in [0.1, 0.15) is 12.4 Å². The average molecular weight is 425 g/mol. The normalized spacial score (nSPS) is 12.5. The number of aryl methyl sites for hydroxylation is 1. The second kappa shape index (κ2) is 11.8. The van der Waals surface area contributed by atoms with E-state index < -0.39 is 5.60 Å². The summed E-state index contributed by atoms with van der Waals surface area (Å²) in [6, 6.07) is 11.8. The van der Waals surface area contributed by atoms with E-state index in [1.54, 1.807) is 0 Å². The molecule has 0 amide bonds. The van der Waals surface area contributed by atoms with Gasteiger partial charge >= 0.3 is 0 Å². The van der Waals surface area contributed by atoms with E-state index in [9.17, 15) is 15.3 Å². The van der Waals surface area contributed by atoms with Crippen molar-refractivity contribution >= 4 is 5.57 Å². The van der Waals surface area contributed by atoms with Crippen LogP contribution in [-0.4, -0.2) is 20.9 Å². The highest BCUT2D eigenvalue weighted by atomic mass is 16.5. The Kier molecular flexibility index (Phi) is 9.50. The van der Waals surface area contributed by atoms with Crippen molar-refractivity contribution in [1.82, 2.24) is 0 Å². The van der Waals surface area contributed by atoms with E-state index in [1.807, 2.05) is 51.1 Å². The van der Waals surface area contributed by atoms with Gasteiger partial charge in [-0.25, -0.2) is 0 Å². The number of aliphatic hydroxyl groups is 3. The van der Waals surface area contributed by atoms with E-state index in [4.69, 9.17) is 4.74 Å². The fourth-order valence-corrected chi connectivity index (χ4v) is 3.43. The first-order valence-corrected chi connectivity index (χ1v) is 11.1. The number of benzene rings is 2. The Bertz CT molecular complexity index is 907. The van der Waals surface area contributed by atoms with Crippen LogP contribution in [0.3, 0.4) is 0 Å². The topological polar surface area (TPSA) is 69.9 Å². The maximum Gasteiger partial charge on any atom is 0.123 e. The van der Waals surface area contributed by atoms with Gasteiger partial charge in [0.2, 0.25) is 0 Å². The second-order valence-corrected chi connectivity index (χ2v) is 7.90. The van der Waals surface area contributed by atoms with Gasteiger partial charge in [0.25, 0.3) is 0 Å². The summed E-state index contributed by atoms with van der Waals surface area (Å²) in [5.41, 5.74) is 4.95. The lowest BCUT2D eigenvalue weighted by Gasteiger charge is -2.20. The van der Waals surface area contributed by atoms with Gasteiger partial charge in [-0.1, -0.05) is 63.3 Å². The highest BCUT2D eigenvalue weighted by molar-refractivity contribution is 5.68. The molecule has 0 spiro atoms. The van der Waals surface area contributed by atoms with Gasteiger partial charge in [0, 0.05) is 0 Å². The molecule has 0 atom stereocenters. The zero-order valence-corrected chi connectivity index (χ0v) is 19.2. The van der Waals surface area contributed by atoms with Gasteiger partial charge in [-0.05, 0) is 71.7 Å². The Morgan fingerprint density at radius 2 is 1.68 bits per heavy atom. The van der Waals surface area contributed by atoms with Crippen molar-refractivity contribution in [2.24, 2.45) is 0 Å². The van der Waals surface area contributed by atoms with Gasteiger partial charge in [0.05, 0.1) is 18.8 Å². The maximum absolute atomic E-state index is 10.4. The molecule has 0 aromatic heterocycles. The van der Waals surface area contributed by atoms with Crippen LogP contribution in [0.5, 0.6) is 5.75 Å². The van der Waals surface area contributed by atoms with Crippen LogP contribution < -0.4 is 4.74 Å². The Morgan fingerprint density at radius 1 is 0.968 bits per heavy atom. The first kappa shape index (κ1) is 24.9. The molecule has 0 saturated carbocycles. The van der Waals surface area contributed by atoms with Gasteiger partial charge in [0.15, 0.2) is 0 Å². The van der Waals surface area contributed by atoms with Crippen LogP contribution in [-0.2, 0) is 19.8 Å². The van der Waals surface area contributed by atoms with Crippen LogP contribution in [0, 0.1) is 6.92 Å². The van der Waals surface area contributed by atoms with Crippen LogP contribution in [0.4, 0.5) is 0 Å². The third-order valence-electron chi connectivity index (χ3n) is 5.87. The highest BCUT2D eigenvalue weighted by Crippen LogP contribution is 2.27. The van der Waals surface area contributed by atoms with E-state index in [0.29, 0.717) is 19.4 Å². The maximum atomic E-state index is 10.4. The summed E-state index contributed by atoms with van der Waals surface area (Å²) in [6.07, 6.45) is 8.14. The van der Waals surface area contributed by atoms with Gasteiger partial charge in [-0.15, -0.1) is 0 Å². The summed E-state index contributed by atoms with van der Waals surface area (Å²) in [5, 5.41) is 29.3. The molecule has 2 rings (SSSR count). The van der Waals surface area contributed by atoms with Crippen molar-refractivity contribution in [2.45, 2.75) is 72.4 Å². The lowest BCUT2D eigenvalue weighted by atomic mass is 9.96. The average Bonchev–Trinajstić information content (AvgIpc) is 2.81. The minimum absolute atomic E-state index is 0.0906. The monoisotopic (exact) mass is 424 g/mol. The molecule has 2 aromatic carbocycles. The molecule has 0 aliphatic rings. The molecule has 0 bridgehead atoms. The molecule has 31 heavy (non-hydrogen) atoms. The molecule has 0 fully saturated rings.